The minimum atomic E-state index is -0.914. The zero-order chi connectivity index (χ0) is 13.4. The van der Waals surface area contributed by atoms with Crippen LogP contribution in [0.15, 0.2) is 22.6 Å². The third-order valence-electron chi connectivity index (χ3n) is 3.22. The van der Waals surface area contributed by atoms with Gasteiger partial charge in [0, 0.05) is 19.2 Å². The Labute approximate surface area is 109 Å². The molecule has 0 unspecified atom stereocenters. The Morgan fingerprint density at radius 1 is 1.47 bits per heavy atom. The first kappa shape index (κ1) is 11.7. The molecular formula is C13H13N3O3. The fourth-order valence-corrected chi connectivity index (χ4v) is 2.31. The average molecular weight is 259 g/mol. The molecule has 0 atom stereocenters. The van der Waals surface area contributed by atoms with Crippen molar-refractivity contribution < 1.29 is 14.3 Å². The van der Waals surface area contributed by atoms with Crippen molar-refractivity contribution in [2.45, 2.75) is 19.9 Å². The number of carboxylic acid groups (broad SMARTS) is 1. The van der Waals surface area contributed by atoms with Crippen molar-refractivity contribution in [3.05, 3.63) is 41.1 Å². The average Bonchev–Trinajstić information content (AvgIpc) is 2.96. The zero-order valence-electron chi connectivity index (χ0n) is 10.5. The van der Waals surface area contributed by atoms with Crippen molar-refractivity contribution in [1.29, 1.82) is 0 Å². The highest BCUT2D eigenvalue weighted by molar-refractivity contribution is 5.89. The number of fused-ring (bicyclic) bond motifs is 1. The van der Waals surface area contributed by atoms with Gasteiger partial charge in [-0.25, -0.2) is 4.79 Å². The van der Waals surface area contributed by atoms with Gasteiger partial charge in [-0.1, -0.05) is 6.07 Å². The molecule has 1 aliphatic rings. The Kier molecular flexibility index (Phi) is 2.70. The summed E-state index contributed by atoms with van der Waals surface area (Å²) in [5.74, 6) is 0.170. The molecule has 2 heterocycles. The van der Waals surface area contributed by atoms with Crippen molar-refractivity contribution in [3.63, 3.8) is 0 Å². The number of rotatable bonds is 3. The Bertz CT molecular complexity index is 636. The van der Waals surface area contributed by atoms with Crippen LogP contribution in [0.5, 0.6) is 0 Å². The number of benzene rings is 1. The fourth-order valence-electron chi connectivity index (χ4n) is 2.31. The number of hydrogen-bond acceptors (Lipinski definition) is 5. The second kappa shape index (κ2) is 4.38. The van der Waals surface area contributed by atoms with Crippen LogP contribution in [0.1, 0.15) is 27.7 Å². The molecule has 0 aliphatic carbocycles. The molecule has 0 spiro atoms. The quantitative estimate of drug-likeness (QED) is 0.902. The van der Waals surface area contributed by atoms with Crippen molar-refractivity contribution in [1.82, 2.24) is 10.2 Å². The standard InChI is InChI=1S/C13H13N3O3/c1-8-14-15-12(19-8)7-16-5-4-9-2-3-10(13(17)18)6-11(9)16/h2-3,6H,4-5,7H2,1H3,(H,17,18). The highest BCUT2D eigenvalue weighted by Crippen LogP contribution is 2.30. The number of aryl methyl sites for hydroxylation is 1. The van der Waals surface area contributed by atoms with Crippen LogP contribution < -0.4 is 4.90 Å². The van der Waals surface area contributed by atoms with E-state index in [1.54, 1.807) is 19.1 Å². The third-order valence-corrected chi connectivity index (χ3v) is 3.22. The van der Waals surface area contributed by atoms with Gasteiger partial charge in [0.05, 0.1) is 12.1 Å². The van der Waals surface area contributed by atoms with Crippen LogP contribution >= 0.6 is 0 Å². The molecule has 1 N–H and O–H groups in total. The SMILES string of the molecule is Cc1nnc(CN2CCc3ccc(C(=O)O)cc32)o1. The van der Waals surface area contributed by atoms with Crippen molar-refractivity contribution >= 4 is 11.7 Å². The van der Waals surface area contributed by atoms with Gasteiger partial charge in [-0.05, 0) is 24.1 Å². The smallest absolute Gasteiger partial charge is 0.335 e. The molecule has 0 radical (unpaired) electrons. The molecule has 6 heteroatoms. The predicted molar refractivity (Wildman–Crippen MR) is 67.2 cm³/mol. The number of nitrogens with zero attached hydrogens (tertiary/aromatic N) is 3. The topological polar surface area (TPSA) is 79.5 Å². The number of aromatic nitrogens is 2. The van der Waals surface area contributed by atoms with Crippen LogP contribution in [-0.2, 0) is 13.0 Å². The van der Waals surface area contributed by atoms with Crippen molar-refractivity contribution in [2.24, 2.45) is 0 Å². The summed E-state index contributed by atoms with van der Waals surface area (Å²) in [5.41, 5.74) is 2.39. The molecule has 0 amide bonds. The molecule has 0 fully saturated rings. The fraction of sp³-hybridized carbons (Fsp3) is 0.308. The van der Waals surface area contributed by atoms with Crippen molar-refractivity contribution in [2.75, 3.05) is 11.4 Å². The van der Waals surface area contributed by atoms with E-state index in [-0.39, 0.29) is 0 Å². The van der Waals surface area contributed by atoms with E-state index in [4.69, 9.17) is 9.52 Å². The molecule has 1 aromatic heterocycles. The maximum absolute atomic E-state index is 11.0. The van der Waals surface area contributed by atoms with Gasteiger partial charge >= 0.3 is 5.97 Å². The lowest BCUT2D eigenvalue weighted by Gasteiger charge is -2.17. The van der Waals surface area contributed by atoms with Crippen LogP contribution in [0.4, 0.5) is 5.69 Å². The maximum atomic E-state index is 11.0. The summed E-state index contributed by atoms with van der Waals surface area (Å²) in [5, 5.41) is 16.8. The van der Waals surface area contributed by atoms with E-state index in [9.17, 15) is 4.79 Å². The minimum Gasteiger partial charge on any atom is -0.478 e. The normalized spacial score (nSPS) is 13.6. The lowest BCUT2D eigenvalue weighted by molar-refractivity contribution is 0.0697. The second-order valence-electron chi connectivity index (χ2n) is 4.54. The largest absolute Gasteiger partial charge is 0.478 e. The third kappa shape index (κ3) is 2.16. The Balaban J connectivity index is 1.88. The van der Waals surface area contributed by atoms with Gasteiger partial charge in [-0.2, -0.15) is 0 Å². The summed E-state index contributed by atoms with van der Waals surface area (Å²) in [6.07, 6.45) is 0.905. The first-order valence-electron chi connectivity index (χ1n) is 6.03. The summed E-state index contributed by atoms with van der Waals surface area (Å²) in [4.78, 5) is 13.1. The van der Waals surface area contributed by atoms with E-state index in [0.29, 0.717) is 23.9 Å². The Morgan fingerprint density at radius 2 is 2.32 bits per heavy atom. The van der Waals surface area contributed by atoms with Crippen LogP contribution in [0.25, 0.3) is 0 Å². The van der Waals surface area contributed by atoms with Gasteiger partial charge in [0.25, 0.3) is 0 Å². The Morgan fingerprint density at radius 3 is 3.00 bits per heavy atom. The number of aromatic carboxylic acids is 1. The molecule has 1 aromatic carbocycles. The highest BCUT2D eigenvalue weighted by atomic mass is 16.4. The maximum Gasteiger partial charge on any atom is 0.335 e. The summed E-state index contributed by atoms with van der Waals surface area (Å²) in [7, 11) is 0. The van der Waals surface area contributed by atoms with Crippen LogP contribution in [0.3, 0.4) is 0 Å². The lowest BCUT2D eigenvalue weighted by atomic mass is 10.1. The van der Waals surface area contributed by atoms with Gasteiger partial charge in [0.1, 0.15) is 0 Å². The lowest BCUT2D eigenvalue weighted by Crippen LogP contribution is -2.20. The zero-order valence-corrected chi connectivity index (χ0v) is 10.5. The monoisotopic (exact) mass is 259 g/mol. The number of carbonyl (C=O) groups is 1. The molecule has 6 nitrogen and oxygen atoms in total. The van der Waals surface area contributed by atoms with E-state index in [0.717, 1.165) is 24.2 Å². The number of anilines is 1. The van der Waals surface area contributed by atoms with E-state index in [2.05, 4.69) is 15.1 Å². The summed E-state index contributed by atoms with van der Waals surface area (Å²) < 4.78 is 5.36. The highest BCUT2D eigenvalue weighted by Gasteiger charge is 2.22. The number of hydrogen-bond donors (Lipinski definition) is 1. The van der Waals surface area contributed by atoms with Crippen LogP contribution in [0.2, 0.25) is 0 Å². The van der Waals surface area contributed by atoms with E-state index >= 15 is 0 Å². The van der Waals surface area contributed by atoms with Crippen LogP contribution in [0, 0.1) is 6.92 Å². The minimum absolute atomic E-state index is 0.298. The molecule has 0 saturated carbocycles. The summed E-state index contributed by atoms with van der Waals surface area (Å²) in [6, 6.07) is 5.22. The van der Waals surface area contributed by atoms with Crippen LogP contribution in [-0.4, -0.2) is 27.8 Å². The van der Waals surface area contributed by atoms with Gasteiger partial charge in [-0.15, -0.1) is 10.2 Å². The van der Waals surface area contributed by atoms with Gasteiger partial charge < -0.3 is 14.4 Å². The summed E-state index contributed by atoms with van der Waals surface area (Å²) >= 11 is 0. The van der Waals surface area contributed by atoms with E-state index < -0.39 is 5.97 Å². The Hall–Kier alpha value is -2.37. The first-order chi connectivity index (χ1) is 9.13. The molecule has 98 valence electrons. The molecule has 3 rings (SSSR count). The van der Waals surface area contributed by atoms with Gasteiger partial charge in [0.15, 0.2) is 0 Å². The first-order valence-corrected chi connectivity index (χ1v) is 6.03. The summed E-state index contributed by atoms with van der Waals surface area (Å²) in [6.45, 7) is 3.09. The molecule has 19 heavy (non-hydrogen) atoms. The second-order valence-corrected chi connectivity index (χ2v) is 4.54. The molecule has 0 bridgehead atoms. The number of carboxylic acids is 1. The predicted octanol–water partition coefficient (Wildman–Crippen LogP) is 1.64. The van der Waals surface area contributed by atoms with Gasteiger partial charge in [0.2, 0.25) is 11.8 Å². The molecular weight excluding hydrogens is 246 g/mol. The van der Waals surface area contributed by atoms with E-state index in [1.165, 1.54) is 0 Å². The molecule has 1 aliphatic heterocycles. The molecule has 2 aromatic rings. The van der Waals surface area contributed by atoms with E-state index in [1.807, 2.05) is 6.07 Å². The van der Waals surface area contributed by atoms with Gasteiger partial charge in [-0.3, -0.25) is 0 Å². The van der Waals surface area contributed by atoms with Crippen molar-refractivity contribution in [3.8, 4) is 0 Å². The molecule has 0 saturated heterocycles.